The molecule has 0 aliphatic rings. The lowest BCUT2D eigenvalue weighted by molar-refractivity contribution is 0.415. The molecule has 5 nitrogen and oxygen atoms in total. The number of hydrogen-bond donors (Lipinski definition) is 2. The number of thioether (sulfide) groups is 1. The van der Waals surface area contributed by atoms with E-state index in [1.165, 1.54) is 11.8 Å². The molecule has 2 aromatic carbocycles. The van der Waals surface area contributed by atoms with Crippen LogP contribution in [0.4, 0.5) is 5.69 Å². The molecule has 0 amide bonds. The topological polar surface area (TPSA) is 81.3 Å². The zero-order valence-electron chi connectivity index (χ0n) is 12.6. The van der Waals surface area contributed by atoms with Gasteiger partial charge in [-0.15, -0.1) is 0 Å². The summed E-state index contributed by atoms with van der Waals surface area (Å²) < 4.78 is 5.07. The predicted molar refractivity (Wildman–Crippen MR) is 95.1 cm³/mol. The Bertz CT molecular complexity index is 721. The van der Waals surface area contributed by atoms with Gasteiger partial charge in [0.1, 0.15) is 16.9 Å². The van der Waals surface area contributed by atoms with E-state index in [-0.39, 0.29) is 10.8 Å². The number of nitrogens with zero attached hydrogens (tertiary/aromatic N) is 2. The molecule has 0 radical (unpaired) electrons. The second kappa shape index (κ2) is 8.61. The number of nitrogens with one attached hydrogen (secondary N) is 2. The van der Waals surface area contributed by atoms with Gasteiger partial charge in [-0.2, -0.15) is 10.4 Å². The average Bonchev–Trinajstić information content (AvgIpc) is 2.62. The van der Waals surface area contributed by atoms with E-state index in [9.17, 15) is 0 Å². The number of nitriles is 1. The summed E-state index contributed by atoms with van der Waals surface area (Å²) in [6, 6.07) is 18.9. The SMILES string of the molecule is COc1ccc(N/N=C(\C#N)C(=N)SCc2ccccc2)cc1. The van der Waals surface area contributed by atoms with Crippen LogP contribution in [-0.4, -0.2) is 17.9 Å². The minimum absolute atomic E-state index is 0.0572. The highest BCUT2D eigenvalue weighted by atomic mass is 32.2. The van der Waals surface area contributed by atoms with Crippen LogP contribution in [0.2, 0.25) is 0 Å². The van der Waals surface area contributed by atoms with Gasteiger partial charge in [-0.1, -0.05) is 42.1 Å². The van der Waals surface area contributed by atoms with Crippen molar-refractivity contribution >= 4 is 28.2 Å². The van der Waals surface area contributed by atoms with Gasteiger partial charge >= 0.3 is 0 Å². The summed E-state index contributed by atoms with van der Waals surface area (Å²) in [5.41, 5.74) is 4.66. The first-order valence-corrected chi connectivity index (χ1v) is 7.85. The predicted octanol–water partition coefficient (Wildman–Crippen LogP) is 3.90. The number of hydrazone groups is 1. The number of hydrogen-bond acceptors (Lipinski definition) is 6. The van der Waals surface area contributed by atoms with Crippen LogP contribution in [0.15, 0.2) is 59.7 Å². The molecule has 0 aliphatic heterocycles. The van der Waals surface area contributed by atoms with Crippen molar-refractivity contribution in [2.24, 2.45) is 5.10 Å². The van der Waals surface area contributed by atoms with Crippen LogP contribution in [0, 0.1) is 16.7 Å². The van der Waals surface area contributed by atoms with Crippen LogP contribution in [0.1, 0.15) is 5.56 Å². The second-order valence-corrected chi connectivity index (χ2v) is 5.50. The maximum Gasteiger partial charge on any atom is 0.192 e. The molecule has 0 aromatic heterocycles. The van der Waals surface area contributed by atoms with Crippen molar-refractivity contribution in [2.45, 2.75) is 5.75 Å². The smallest absolute Gasteiger partial charge is 0.192 e. The molecule has 0 bridgehead atoms. The summed E-state index contributed by atoms with van der Waals surface area (Å²) in [4.78, 5) is 0. The van der Waals surface area contributed by atoms with E-state index in [0.717, 1.165) is 17.0 Å². The van der Waals surface area contributed by atoms with Crippen LogP contribution < -0.4 is 10.2 Å². The molecule has 0 aliphatic carbocycles. The summed E-state index contributed by atoms with van der Waals surface area (Å²) >= 11 is 1.27. The molecule has 2 aromatic rings. The largest absolute Gasteiger partial charge is 0.497 e. The highest BCUT2D eigenvalue weighted by Crippen LogP contribution is 2.16. The Morgan fingerprint density at radius 3 is 2.52 bits per heavy atom. The molecule has 23 heavy (non-hydrogen) atoms. The fourth-order valence-corrected chi connectivity index (χ4v) is 2.44. The highest BCUT2D eigenvalue weighted by molar-refractivity contribution is 8.15. The Morgan fingerprint density at radius 2 is 1.91 bits per heavy atom. The van der Waals surface area contributed by atoms with Crippen molar-refractivity contribution in [3.8, 4) is 11.8 Å². The van der Waals surface area contributed by atoms with Gasteiger partial charge < -0.3 is 4.74 Å². The molecule has 0 unspecified atom stereocenters. The third-order valence-corrected chi connectivity index (χ3v) is 3.89. The fourth-order valence-electron chi connectivity index (χ4n) is 1.71. The summed E-state index contributed by atoms with van der Waals surface area (Å²) in [5, 5.41) is 21.3. The molecule has 0 fully saturated rings. The molecule has 0 heterocycles. The number of anilines is 1. The standard InChI is InChI=1S/C17H16N4OS/c1-22-15-9-7-14(8-10-15)20-21-16(11-18)17(19)23-12-13-5-3-2-4-6-13/h2-10,19-20H,12H2,1H3/b19-17?,21-16+. The van der Waals surface area contributed by atoms with Gasteiger partial charge in [0.05, 0.1) is 12.8 Å². The monoisotopic (exact) mass is 324 g/mol. The first-order valence-electron chi connectivity index (χ1n) is 6.86. The Morgan fingerprint density at radius 1 is 1.22 bits per heavy atom. The van der Waals surface area contributed by atoms with Gasteiger partial charge in [0, 0.05) is 5.75 Å². The van der Waals surface area contributed by atoms with Crippen LogP contribution in [-0.2, 0) is 5.75 Å². The lowest BCUT2D eigenvalue weighted by atomic mass is 10.2. The van der Waals surface area contributed by atoms with E-state index < -0.39 is 0 Å². The van der Waals surface area contributed by atoms with E-state index >= 15 is 0 Å². The van der Waals surface area contributed by atoms with Crippen molar-refractivity contribution in [1.29, 1.82) is 10.7 Å². The Balaban J connectivity index is 1.94. The lowest BCUT2D eigenvalue weighted by Gasteiger charge is -2.05. The van der Waals surface area contributed by atoms with Crippen LogP contribution in [0.3, 0.4) is 0 Å². The Hall–Kier alpha value is -2.78. The molecule has 0 saturated carbocycles. The fraction of sp³-hybridized carbons (Fsp3) is 0.118. The Labute approximate surface area is 139 Å². The maximum atomic E-state index is 9.16. The third-order valence-electron chi connectivity index (χ3n) is 2.93. The van der Waals surface area contributed by atoms with Gasteiger partial charge in [0.15, 0.2) is 5.71 Å². The minimum atomic E-state index is 0.0572. The van der Waals surface area contributed by atoms with Gasteiger partial charge in [0.2, 0.25) is 0 Å². The summed E-state index contributed by atoms with van der Waals surface area (Å²) in [7, 11) is 1.60. The van der Waals surface area contributed by atoms with E-state index in [2.05, 4.69) is 10.5 Å². The number of rotatable bonds is 6. The van der Waals surface area contributed by atoms with Gasteiger partial charge in [-0.25, -0.2) is 0 Å². The molecule has 0 atom stereocenters. The van der Waals surface area contributed by atoms with Crippen LogP contribution in [0.25, 0.3) is 0 Å². The average molecular weight is 324 g/mol. The quantitative estimate of drug-likeness (QED) is 0.480. The minimum Gasteiger partial charge on any atom is -0.497 e. The molecule has 2 rings (SSSR count). The molecule has 2 N–H and O–H groups in total. The van der Waals surface area contributed by atoms with E-state index in [4.69, 9.17) is 15.4 Å². The van der Waals surface area contributed by atoms with Crippen LogP contribution in [0.5, 0.6) is 5.75 Å². The highest BCUT2D eigenvalue weighted by Gasteiger charge is 2.08. The van der Waals surface area contributed by atoms with E-state index in [0.29, 0.717) is 5.75 Å². The van der Waals surface area contributed by atoms with Crippen molar-refractivity contribution in [3.05, 3.63) is 60.2 Å². The van der Waals surface area contributed by atoms with Crippen LogP contribution >= 0.6 is 11.8 Å². The summed E-state index contributed by atoms with van der Waals surface area (Å²) in [6.07, 6.45) is 0. The van der Waals surface area contributed by atoms with Gasteiger partial charge in [0.25, 0.3) is 0 Å². The molecular weight excluding hydrogens is 308 g/mol. The maximum absolute atomic E-state index is 9.16. The zero-order valence-corrected chi connectivity index (χ0v) is 13.4. The first-order chi connectivity index (χ1) is 11.2. The molecule has 6 heteroatoms. The molecule has 0 spiro atoms. The van der Waals surface area contributed by atoms with Crippen molar-refractivity contribution in [3.63, 3.8) is 0 Å². The van der Waals surface area contributed by atoms with E-state index in [1.807, 2.05) is 36.4 Å². The zero-order chi connectivity index (χ0) is 16.5. The molecule has 0 saturated heterocycles. The van der Waals surface area contributed by atoms with Crippen molar-refractivity contribution in [2.75, 3.05) is 12.5 Å². The Kier molecular flexibility index (Phi) is 6.21. The van der Waals surface area contributed by atoms with Gasteiger partial charge in [-0.05, 0) is 29.8 Å². The number of benzene rings is 2. The third kappa shape index (κ3) is 5.16. The van der Waals surface area contributed by atoms with Gasteiger partial charge in [-0.3, -0.25) is 10.8 Å². The summed E-state index contributed by atoms with van der Waals surface area (Å²) in [6.45, 7) is 0. The van der Waals surface area contributed by atoms with Crippen molar-refractivity contribution in [1.82, 2.24) is 0 Å². The number of methoxy groups -OCH3 is 1. The number of ether oxygens (including phenoxy) is 1. The second-order valence-electron chi connectivity index (χ2n) is 4.52. The molecular formula is C17H16N4OS. The molecule has 116 valence electrons. The summed E-state index contributed by atoms with van der Waals surface area (Å²) in [5.74, 6) is 1.37. The normalized spacial score (nSPS) is 10.7. The lowest BCUT2D eigenvalue weighted by Crippen LogP contribution is -2.09. The van der Waals surface area contributed by atoms with E-state index in [1.54, 1.807) is 31.4 Å². The van der Waals surface area contributed by atoms with Crippen molar-refractivity contribution < 1.29 is 4.74 Å². The first kappa shape index (κ1) is 16.6.